The molecule has 0 aliphatic carbocycles. The van der Waals surface area contributed by atoms with E-state index >= 15 is 0 Å². The number of nitrogens with one attached hydrogen (secondary N) is 1. The van der Waals surface area contributed by atoms with E-state index in [0.717, 1.165) is 16.8 Å². The molecule has 3 rings (SSSR count). The highest BCUT2D eigenvalue weighted by Crippen LogP contribution is 2.25. The lowest BCUT2D eigenvalue weighted by atomic mass is 10.1. The number of rotatable bonds is 6. The molecule has 0 spiro atoms. The zero-order chi connectivity index (χ0) is 20.1. The third-order valence-corrected chi connectivity index (χ3v) is 4.75. The number of aryl methyl sites for hydroxylation is 2. The van der Waals surface area contributed by atoms with Gasteiger partial charge in [0.05, 0.1) is 16.4 Å². The van der Waals surface area contributed by atoms with Gasteiger partial charge in [-0.3, -0.25) is 9.59 Å². The van der Waals surface area contributed by atoms with Crippen LogP contribution in [-0.2, 0) is 11.3 Å². The van der Waals surface area contributed by atoms with Crippen LogP contribution in [0.15, 0.2) is 59.4 Å². The Balaban J connectivity index is 1.62. The second-order valence-electron chi connectivity index (χ2n) is 6.42. The van der Waals surface area contributed by atoms with E-state index in [1.807, 2.05) is 31.2 Å². The van der Waals surface area contributed by atoms with E-state index in [4.69, 9.17) is 23.2 Å². The minimum absolute atomic E-state index is 0.200. The average molecular weight is 416 g/mol. The first-order valence-electron chi connectivity index (χ1n) is 8.82. The number of benzene rings is 2. The maximum Gasteiger partial charge on any atom is 0.266 e. The van der Waals surface area contributed by atoms with E-state index in [1.165, 1.54) is 10.7 Å². The Morgan fingerprint density at radius 3 is 2.57 bits per heavy atom. The Morgan fingerprint density at radius 1 is 1.07 bits per heavy atom. The zero-order valence-electron chi connectivity index (χ0n) is 15.3. The Labute approximate surface area is 172 Å². The molecule has 1 heterocycles. The number of halogens is 2. The molecule has 0 bridgehead atoms. The monoisotopic (exact) mass is 415 g/mol. The van der Waals surface area contributed by atoms with Crippen LogP contribution in [0.25, 0.3) is 11.3 Å². The molecule has 1 amide bonds. The number of carbonyl (C=O) groups is 1. The van der Waals surface area contributed by atoms with Crippen LogP contribution in [0.2, 0.25) is 10.0 Å². The average Bonchev–Trinajstić information content (AvgIpc) is 2.67. The van der Waals surface area contributed by atoms with Crippen LogP contribution in [-0.4, -0.2) is 15.7 Å². The minimum Gasteiger partial charge on any atom is -0.325 e. The van der Waals surface area contributed by atoms with Gasteiger partial charge in [-0.2, -0.15) is 5.10 Å². The SMILES string of the molecule is Cc1ccc(-c2ccc(=O)n(CCCC(=O)Nc3cc(Cl)ccc3Cl)n2)cc1. The van der Waals surface area contributed by atoms with Gasteiger partial charge in [-0.1, -0.05) is 53.0 Å². The summed E-state index contributed by atoms with van der Waals surface area (Å²) in [5.41, 5.74) is 3.08. The number of aromatic nitrogens is 2. The van der Waals surface area contributed by atoms with Crippen molar-refractivity contribution in [3.05, 3.63) is 80.6 Å². The summed E-state index contributed by atoms with van der Waals surface area (Å²) in [6.45, 7) is 2.36. The minimum atomic E-state index is -0.202. The van der Waals surface area contributed by atoms with Gasteiger partial charge in [0.15, 0.2) is 0 Å². The first kappa shape index (κ1) is 20.1. The van der Waals surface area contributed by atoms with Crippen molar-refractivity contribution in [2.75, 3.05) is 5.32 Å². The molecule has 7 heteroatoms. The van der Waals surface area contributed by atoms with Crippen LogP contribution in [0, 0.1) is 6.92 Å². The molecule has 3 aromatic rings. The fourth-order valence-corrected chi connectivity index (χ4v) is 3.02. The zero-order valence-corrected chi connectivity index (χ0v) is 16.8. The standard InChI is InChI=1S/C21H19Cl2N3O2/c1-14-4-6-15(7-5-14)18-10-11-21(28)26(25-18)12-2-3-20(27)24-19-13-16(22)8-9-17(19)23/h4-11,13H,2-3,12H2,1H3,(H,24,27). The van der Waals surface area contributed by atoms with Gasteiger partial charge in [0, 0.05) is 29.6 Å². The van der Waals surface area contributed by atoms with Gasteiger partial charge in [0.25, 0.3) is 5.56 Å². The molecule has 0 atom stereocenters. The molecular formula is C21H19Cl2N3O2. The van der Waals surface area contributed by atoms with Crippen molar-refractivity contribution in [1.82, 2.24) is 9.78 Å². The van der Waals surface area contributed by atoms with Crippen molar-refractivity contribution in [1.29, 1.82) is 0 Å². The quantitative estimate of drug-likeness (QED) is 0.619. The Kier molecular flexibility index (Phi) is 6.49. The van der Waals surface area contributed by atoms with Crippen LogP contribution in [0.4, 0.5) is 5.69 Å². The maximum atomic E-state index is 12.2. The van der Waals surface area contributed by atoms with Crippen molar-refractivity contribution in [2.45, 2.75) is 26.3 Å². The molecule has 0 saturated carbocycles. The Morgan fingerprint density at radius 2 is 1.82 bits per heavy atom. The van der Waals surface area contributed by atoms with E-state index in [2.05, 4.69) is 10.4 Å². The summed E-state index contributed by atoms with van der Waals surface area (Å²) in [4.78, 5) is 24.2. The molecule has 5 nitrogen and oxygen atoms in total. The maximum absolute atomic E-state index is 12.2. The second kappa shape index (κ2) is 9.04. The van der Waals surface area contributed by atoms with Crippen molar-refractivity contribution in [3.63, 3.8) is 0 Å². The van der Waals surface area contributed by atoms with Crippen LogP contribution in [0.1, 0.15) is 18.4 Å². The first-order chi connectivity index (χ1) is 13.4. The lowest BCUT2D eigenvalue weighted by Crippen LogP contribution is -2.23. The van der Waals surface area contributed by atoms with Gasteiger partial charge in [-0.25, -0.2) is 4.68 Å². The molecule has 1 N–H and O–H groups in total. The molecule has 0 fully saturated rings. The summed E-state index contributed by atoms with van der Waals surface area (Å²) in [5.74, 6) is -0.202. The third-order valence-electron chi connectivity index (χ3n) is 4.19. The molecule has 0 unspecified atom stereocenters. The lowest BCUT2D eigenvalue weighted by Gasteiger charge is -2.09. The van der Waals surface area contributed by atoms with Gasteiger partial charge >= 0.3 is 0 Å². The molecule has 0 saturated heterocycles. The molecule has 1 aromatic heterocycles. The van der Waals surface area contributed by atoms with Crippen LogP contribution >= 0.6 is 23.2 Å². The summed E-state index contributed by atoms with van der Waals surface area (Å²) in [6.07, 6.45) is 0.694. The molecular weight excluding hydrogens is 397 g/mol. The second-order valence-corrected chi connectivity index (χ2v) is 7.27. The number of hydrogen-bond donors (Lipinski definition) is 1. The Hall–Kier alpha value is -2.63. The summed E-state index contributed by atoms with van der Waals surface area (Å²) < 4.78 is 1.38. The largest absolute Gasteiger partial charge is 0.325 e. The van der Waals surface area contributed by atoms with Crippen LogP contribution in [0.5, 0.6) is 0 Å². The van der Waals surface area contributed by atoms with Gasteiger partial charge in [-0.05, 0) is 37.6 Å². The summed E-state index contributed by atoms with van der Waals surface area (Å²) in [7, 11) is 0. The fourth-order valence-electron chi connectivity index (χ4n) is 2.68. The molecule has 144 valence electrons. The lowest BCUT2D eigenvalue weighted by molar-refractivity contribution is -0.116. The van der Waals surface area contributed by atoms with Gasteiger partial charge in [0.2, 0.25) is 5.91 Å². The topological polar surface area (TPSA) is 64.0 Å². The number of hydrogen-bond acceptors (Lipinski definition) is 3. The van der Waals surface area contributed by atoms with Gasteiger partial charge in [-0.15, -0.1) is 0 Å². The summed E-state index contributed by atoms with van der Waals surface area (Å²) in [6, 6.07) is 16.0. The van der Waals surface area contributed by atoms with E-state index in [0.29, 0.717) is 28.7 Å². The van der Waals surface area contributed by atoms with Gasteiger partial charge in [0.1, 0.15) is 0 Å². The number of carbonyl (C=O) groups excluding carboxylic acids is 1. The van der Waals surface area contributed by atoms with E-state index < -0.39 is 0 Å². The molecule has 2 aromatic carbocycles. The highest BCUT2D eigenvalue weighted by molar-refractivity contribution is 6.35. The van der Waals surface area contributed by atoms with E-state index in [-0.39, 0.29) is 17.9 Å². The molecule has 0 aliphatic heterocycles. The number of anilines is 1. The van der Waals surface area contributed by atoms with Crippen LogP contribution < -0.4 is 10.9 Å². The first-order valence-corrected chi connectivity index (χ1v) is 9.58. The molecule has 28 heavy (non-hydrogen) atoms. The number of amides is 1. The van der Waals surface area contributed by atoms with Crippen molar-refractivity contribution in [3.8, 4) is 11.3 Å². The normalized spacial score (nSPS) is 10.7. The van der Waals surface area contributed by atoms with Crippen molar-refractivity contribution < 1.29 is 4.79 Å². The number of nitrogens with zero attached hydrogens (tertiary/aromatic N) is 2. The predicted molar refractivity (Wildman–Crippen MR) is 113 cm³/mol. The molecule has 0 radical (unpaired) electrons. The van der Waals surface area contributed by atoms with Gasteiger partial charge < -0.3 is 5.32 Å². The van der Waals surface area contributed by atoms with E-state index in [9.17, 15) is 9.59 Å². The smallest absolute Gasteiger partial charge is 0.266 e. The van der Waals surface area contributed by atoms with Crippen LogP contribution in [0.3, 0.4) is 0 Å². The van der Waals surface area contributed by atoms with Crippen molar-refractivity contribution in [2.24, 2.45) is 0 Å². The van der Waals surface area contributed by atoms with Crippen molar-refractivity contribution >= 4 is 34.8 Å². The summed E-state index contributed by atoms with van der Waals surface area (Å²) >= 11 is 12.0. The predicted octanol–water partition coefficient (Wildman–Crippen LogP) is 4.94. The highest BCUT2D eigenvalue weighted by atomic mass is 35.5. The van der Waals surface area contributed by atoms with E-state index in [1.54, 1.807) is 24.3 Å². The molecule has 0 aliphatic rings. The third kappa shape index (κ3) is 5.21. The highest BCUT2D eigenvalue weighted by Gasteiger charge is 2.08. The summed E-state index contributed by atoms with van der Waals surface area (Å²) in [5, 5.41) is 8.05. The fraction of sp³-hybridized carbons (Fsp3) is 0.190. The Bertz CT molecular complexity index is 1050.